The van der Waals surface area contributed by atoms with Crippen molar-refractivity contribution in [2.45, 2.75) is 25.6 Å². The maximum absolute atomic E-state index is 6.18. The van der Waals surface area contributed by atoms with Gasteiger partial charge >= 0.3 is 0 Å². The number of pyridine rings is 1. The van der Waals surface area contributed by atoms with E-state index in [-0.39, 0.29) is 5.72 Å². The number of allylic oxidation sites excluding steroid dienone is 1. The van der Waals surface area contributed by atoms with Crippen molar-refractivity contribution in [1.82, 2.24) is 10.3 Å². The summed E-state index contributed by atoms with van der Waals surface area (Å²) in [7, 11) is 0. The molecule has 3 rings (SSSR count). The second kappa shape index (κ2) is 3.29. The Morgan fingerprint density at radius 1 is 1.69 bits per heavy atom. The van der Waals surface area contributed by atoms with Crippen molar-refractivity contribution < 1.29 is 4.74 Å². The van der Waals surface area contributed by atoms with Crippen molar-refractivity contribution in [3.05, 3.63) is 40.2 Å². The van der Waals surface area contributed by atoms with Crippen LogP contribution in [0.5, 0.6) is 0 Å². The number of aromatic nitrogens is 1. The average Bonchev–Trinajstić information content (AvgIpc) is 2.88. The first-order valence-corrected chi connectivity index (χ1v) is 5.74. The number of hydrogen-bond acceptors (Lipinski definition) is 3. The number of aryl methyl sites for hydroxylation is 1. The van der Waals surface area contributed by atoms with Crippen LogP contribution in [0, 0.1) is 6.92 Å². The van der Waals surface area contributed by atoms with Gasteiger partial charge in [0, 0.05) is 17.8 Å². The fraction of sp³-hybridized carbons (Fsp3) is 0.417. The van der Waals surface area contributed by atoms with Crippen LogP contribution in [-0.4, -0.2) is 11.6 Å². The van der Waals surface area contributed by atoms with E-state index in [2.05, 4.69) is 16.9 Å². The van der Waals surface area contributed by atoms with Crippen LogP contribution in [0.25, 0.3) is 0 Å². The van der Waals surface area contributed by atoms with Crippen LogP contribution >= 0.6 is 11.6 Å². The van der Waals surface area contributed by atoms with Gasteiger partial charge in [0.15, 0.2) is 5.72 Å². The first kappa shape index (κ1) is 10.3. The number of nitrogens with one attached hydrogen (secondary N) is 1. The largest absolute Gasteiger partial charge is 0.349 e. The SMILES string of the molecule is C=CCc1c(Cl)nc(C)c2c1CNC21CO1. The molecule has 1 saturated heterocycles. The third-order valence-corrected chi connectivity index (χ3v) is 3.59. The number of nitrogens with zero attached hydrogens (tertiary/aromatic N) is 1. The molecule has 3 heterocycles. The minimum atomic E-state index is -0.257. The highest BCUT2D eigenvalue weighted by Gasteiger charge is 2.53. The summed E-state index contributed by atoms with van der Waals surface area (Å²) in [6.07, 6.45) is 2.61. The molecule has 1 aromatic rings. The molecule has 84 valence electrons. The van der Waals surface area contributed by atoms with E-state index in [1.807, 2.05) is 13.0 Å². The van der Waals surface area contributed by atoms with Crippen molar-refractivity contribution in [3.8, 4) is 0 Å². The number of ether oxygens (including phenoxy) is 1. The summed E-state index contributed by atoms with van der Waals surface area (Å²) >= 11 is 6.18. The summed E-state index contributed by atoms with van der Waals surface area (Å²) in [5, 5.41) is 3.98. The van der Waals surface area contributed by atoms with Gasteiger partial charge in [-0.3, -0.25) is 5.32 Å². The molecule has 0 saturated carbocycles. The van der Waals surface area contributed by atoms with E-state index in [0.717, 1.165) is 30.8 Å². The lowest BCUT2D eigenvalue weighted by Crippen LogP contribution is -2.22. The van der Waals surface area contributed by atoms with Crippen molar-refractivity contribution >= 4 is 11.6 Å². The Bertz CT molecular complexity index is 480. The molecule has 4 heteroatoms. The lowest BCUT2D eigenvalue weighted by molar-refractivity contribution is 0.274. The third-order valence-electron chi connectivity index (χ3n) is 3.28. The lowest BCUT2D eigenvalue weighted by Gasteiger charge is -2.12. The molecule has 0 amide bonds. The number of hydrogen-bond donors (Lipinski definition) is 1. The molecular weight excluding hydrogens is 224 g/mol. The molecule has 1 fully saturated rings. The van der Waals surface area contributed by atoms with E-state index in [1.165, 1.54) is 11.1 Å². The van der Waals surface area contributed by atoms with Gasteiger partial charge in [-0.05, 0) is 24.5 Å². The van der Waals surface area contributed by atoms with Crippen molar-refractivity contribution in [2.75, 3.05) is 6.61 Å². The van der Waals surface area contributed by atoms with Gasteiger partial charge < -0.3 is 4.74 Å². The molecule has 1 spiro atoms. The molecule has 1 N–H and O–H groups in total. The highest BCUT2D eigenvalue weighted by molar-refractivity contribution is 6.30. The van der Waals surface area contributed by atoms with Crippen LogP contribution in [0.4, 0.5) is 0 Å². The third kappa shape index (κ3) is 1.25. The van der Waals surface area contributed by atoms with E-state index < -0.39 is 0 Å². The monoisotopic (exact) mass is 236 g/mol. The minimum Gasteiger partial charge on any atom is -0.349 e. The summed E-state index contributed by atoms with van der Waals surface area (Å²) < 4.78 is 5.52. The average molecular weight is 237 g/mol. The quantitative estimate of drug-likeness (QED) is 0.485. The van der Waals surface area contributed by atoms with Gasteiger partial charge in [-0.2, -0.15) is 0 Å². The van der Waals surface area contributed by atoms with Crippen LogP contribution in [0.1, 0.15) is 22.4 Å². The molecule has 1 unspecified atom stereocenters. The van der Waals surface area contributed by atoms with Gasteiger partial charge in [0.05, 0.1) is 6.61 Å². The van der Waals surface area contributed by atoms with Crippen molar-refractivity contribution in [1.29, 1.82) is 0 Å². The summed E-state index contributed by atoms with van der Waals surface area (Å²) in [5.41, 5.74) is 4.23. The second-order valence-electron chi connectivity index (χ2n) is 4.28. The molecule has 2 aliphatic rings. The highest BCUT2D eigenvalue weighted by Crippen LogP contribution is 2.45. The molecule has 0 aromatic carbocycles. The maximum atomic E-state index is 6.18. The van der Waals surface area contributed by atoms with Crippen LogP contribution < -0.4 is 5.32 Å². The molecule has 0 radical (unpaired) electrons. The van der Waals surface area contributed by atoms with Crippen molar-refractivity contribution in [2.24, 2.45) is 0 Å². The second-order valence-corrected chi connectivity index (χ2v) is 4.64. The Morgan fingerprint density at radius 3 is 3.06 bits per heavy atom. The van der Waals surface area contributed by atoms with Gasteiger partial charge in [0.25, 0.3) is 0 Å². The van der Waals surface area contributed by atoms with Gasteiger partial charge in [0.2, 0.25) is 0 Å². The zero-order chi connectivity index (χ0) is 11.3. The summed E-state index contributed by atoms with van der Waals surface area (Å²) in [4.78, 5) is 4.40. The summed E-state index contributed by atoms with van der Waals surface area (Å²) in [6, 6.07) is 0. The van der Waals surface area contributed by atoms with E-state index in [4.69, 9.17) is 16.3 Å². The van der Waals surface area contributed by atoms with E-state index >= 15 is 0 Å². The minimum absolute atomic E-state index is 0.257. The topological polar surface area (TPSA) is 37.5 Å². The number of epoxide rings is 1. The fourth-order valence-electron chi connectivity index (χ4n) is 2.49. The standard InChI is InChI=1S/C12H13ClN2O/c1-3-4-8-9-5-14-12(6-16-12)10(9)7(2)15-11(8)13/h3,14H,1,4-6H2,2H3. The van der Waals surface area contributed by atoms with Crippen LogP contribution in [0.15, 0.2) is 12.7 Å². The van der Waals surface area contributed by atoms with Crippen LogP contribution in [-0.2, 0) is 23.4 Å². The van der Waals surface area contributed by atoms with Gasteiger partial charge in [0.1, 0.15) is 5.15 Å². The number of fused-ring (bicyclic) bond motifs is 2. The summed E-state index contributed by atoms with van der Waals surface area (Å²) in [5.74, 6) is 0. The maximum Gasteiger partial charge on any atom is 0.171 e. The van der Waals surface area contributed by atoms with Gasteiger partial charge in [-0.1, -0.05) is 17.7 Å². The van der Waals surface area contributed by atoms with Gasteiger partial charge in [-0.25, -0.2) is 4.98 Å². The molecule has 2 aliphatic heterocycles. The van der Waals surface area contributed by atoms with Gasteiger partial charge in [-0.15, -0.1) is 6.58 Å². The predicted molar refractivity (Wildman–Crippen MR) is 62.4 cm³/mol. The zero-order valence-corrected chi connectivity index (χ0v) is 9.90. The Balaban J connectivity index is 2.22. The smallest absolute Gasteiger partial charge is 0.171 e. The normalized spacial score (nSPS) is 25.9. The zero-order valence-electron chi connectivity index (χ0n) is 9.14. The molecule has 16 heavy (non-hydrogen) atoms. The Morgan fingerprint density at radius 2 is 2.44 bits per heavy atom. The van der Waals surface area contributed by atoms with Crippen LogP contribution in [0.2, 0.25) is 5.15 Å². The number of rotatable bonds is 2. The van der Waals surface area contributed by atoms with E-state index in [1.54, 1.807) is 0 Å². The first-order chi connectivity index (χ1) is 7.68. The van der Waals surface area contributed by atoms with E-state index in [0.29, 0.717) is 5.15 Å². The summed E-state index contributed by atoms with van der Waals surface area (Å²) in [6.45, 7) is 7.28. The Kier molecular flexibility index (Phi) is 2.11. The van der Waals surface area contributed by atoms with Crippen LogP contribution in [0.3, 0.4) is 0 Å². The molecule has 1 aromatic heterocycles. The Hall–Kier alpha value is -0.900. The number of halogens is 1. The molecule has 1 atom stereocenters. The molecular formula is C12H13ClN2O. The molecule has 3 nitrogen and oxygen atoms in total. The Labute approximate surface area is 99.5 Å². The first-order valence-electron chi connectivity index (χ1n) is 5.36. The van der Waals surface area contributed by atoms with Crippen molar-refractivity contribution in [3.63, 3.8) is 0 Å². The fourth-order valence-corrected chi connectivity index (χ4v) is 2.80. The van der Waals surface area contributed by atoms with E-state index in [9.17, 15) is 0 Å². The molecule has 0 bridgehead atoms. The lowest BCUT2D eigenvalue weighted by atomic mass is 9.98. The highest BCUT2D eigenvalue weighted by atomic mass is 35.5. The molecule has 0 aliphatic carbocycles. The predicted octanol–water partition coefficient (Wildman–Crippen LogP) is 2.06.